The molecular formula is C20H32ClN3O2. The summed E-state index contributed by atoms with van der Waals surface area (Å²) in [7, 11) is 0. The number of hydrogen-bond acceptors (Lipinski definition) is 3. The third-order valence-electron chi connectivity index (χ3n) is 5.02. The number of amides is 2. The fourth-order valence-corrected chi connectivity index (χ4v) is 2.93. The van der Waals surface area contributed by atoms with E-state index in [0.717, 1.165) is 31.5 Å². The highest BCUT2D eigenvalue weighted by molar-refractivity contribution is 5.98. The molecule has 3 N–H and O–H groups in total. The maximum Gasteiger partial charge on any atom is 0.253 e. The van der Waals surface area contributed by atoms with Crippen LogP contribution in [-0.4, -0.2) is 35.8 Å². The zero-order valence-corrected chi connectivity index (χ0v) is 17.3. The first kappa shape index (κ1) is 22.5. The van der Waals surface area contributed by atoms with Crippen LogP contribution in [0.4, 0.5) is 5.69 Å². The van der Waals surface area contributed by atoms with Crippen molar-refractivity contribution in [1.82, 2.24) is 4.90 Å². The lowest BCUT2D eigenvalue weighted by atomic mass is 9.87. The molecule has 0 aliphatic carbocycles. The van der Waals surface area contributed by atoms with E-state index in [2.05, 4.69) is 12.2 Å². The summed E-state index contributed by atoms with van der Waals surface area (Å²) in [6, 6.07) is 4.83. The minimum absolute atomic E-state index is 0. The van der Waals surface area contributed by atoms with Gasteiger partial charge in [-0.15, -0.1) is 12.4 Å². The molecule has 1 aromatic rings. The number of nitrogens with two attached hydrogens (primary N) is 1. The Morgan fingerprint density at radius 1 is 1.23 bits per heavy atom. The van der Waals surface area contributed by atoms with Gasteiger partial charge in [-0.1, -0.05) is 27.7 Å². The summed E-state index contributed by atoms with van der Waals surface area (Å²) >= 11 is 0. The molecule has 0 radical (unpaired) electrons. The molecule has 5 nitrogen and oxygen atoms in total. The molecule has 1 saturated heterocycles. The smallest absolute Gasteiger partial charge is 0.253 e. The lowest BCUT2D eigenvalue weighted by Crippen LogP contribution is -2.45. The normalized spacial score (nSPS) is 16.6. The number of halogens is 1. The number of rotatable bonds is 3. The SMILES string of the molecule is Cc1cc(C(=O)N2CCC(C)CC2)ccc1NC(=O)[C@@H](N)C(C)(C)C.Cl. The second-order valence-electron chi connectivity index (χ2n) is 8.34. The van der Waals surface area contributed by atoms with Gasteiger partial charge in [-0.2, -0.15) is 0 Å². The van der Waals surface area contributed by atoms with Crippen LogP contribution in [-0.2, 0) is 4.79 Å². The van der Waals surface area contributed by atoms with Crippen molar-refractivity contribution in [2.75, 3.05) is 18.4 Å². The summed E-state index contributed by atoms with van der Waals surface area (Å²) in [5.74, 6) is 0.550. The molecule has 0 saturated carbocycles. The van der Waals surface area contributed by atoms with E-state index in [-0.39, 0.29) is 29.6 Å². The van der Waals surface area contributed by atoms with Gasteiger partial charge in [0.2, 0.25) is 5.91 Å². The molecule has 1 aliphatic rings. The van der Waals surface area contributed by atoms with Crippen molar-refractivity contribution in [3.8, 4) is 0 Å². The van der Waals surface area contributed by atoms with Crippen LogP contribution in [0.5, 0.6) is 0 Å². The van der Waals surface area contributed by atoms with Crippen LogP contribution in [0.15, 0.2) is 18.2 Å². The van der Waals surface area contributed by atoms with Crippen molar-refractivity contribution < 1.29 is 9.59 Å². The number of nitrogens with one attached hydrogen (secondary N) is 1. The average molecular weight is 382 g/mol. The number of carbonyl (C=O) groups is 2. The number of benzene rings is 1. The molecule has 1 aliphatic heterocycles. The Balaban J connectivity index is 0.00000338. The van der Waals surface area contributed by atoms with E-state index >= 15 is 0 Å². The van der Waals surface area contributed by atoms with E-state index < -0.39 is 6.04 Å². The Hall–Kier alpha value is -1.59. The van der Waals surface area contributed by atoms with Gasteiger partial charge >= 0.3 is 0 Å². The topological polar surface area (TPSA) is 75.4 Å². The fourth-order valence-electron chi connectivity index (χ4n) is 2.93. The number of aryl methyl sites for hydroxylation is 1. The van der Waals surface area contributed by atoms with Crippen LogP contribution in [0.2, 0.25) is 0 Å². The monoisotopic (exact) mass is 381 g/mol. The van der Waals surface area contributed by atoms with Crippen LogP contribution in [0, 0.1) is 18.3 Å². The zero-order chi connectivity index (χ0) is 18.8. The summed E-state index contributed by atoms with van der Waals surface area (Å²) < 4.78 is 0. The van der Waals surface area contributed by atoms with Crippen LogP contribution in [0.1, 0.15) is 56.5 Å². The molecule has 0 aromatic heterocycles. The summed E-state index contributed by atoms with van der Waals surface area (Å²) in [4.78, 5) is 26.9. The van der Waals surface area contributed by atoms with Crippen molar-refractivity contribution in [1.29, 1.82) is 0 Å². The molecule has 2 amide bonds. The first-order valence-electron chi connectivity index (χ1n) is 9.06. The summed E-state index contributed by atoms with van der Waals surface area (Å²) in [6.07, 6.45) is 2.12. The molecule has 6 heteroatoms. The summed E-state index contributed by atoms with van der Waals surface area (Å²) in [5, 5.41) is 2.88. The Morgan fingerprint density at radius 2 is 1.81 bits per heavy atom. The summed E-state index contributed by atoms with van der Waals surface area (Å²) in [6.45, 7) is 11.6. The zero-order valence-electron chi connectivity index (χ0n) is 16.5. The Kier molecular flexibility index (Phi) is 7.66. The van der Waals surface area contributed by atoms with E-state index in [9.17, 15) is 9.59 Å². The van der Waals surface area contributed by atoms with Gasteiger partial charge in [0.1, 0.15) is 0 Å². The highest BCUT2D eigenvalue weighted by Crippen LogP contribution is 2.23. The largest absolute Gasteiger partial charge is 0.339 e. The van der Waals surface area contributed by atoms with E-state index in [1.807, 2.05) is 38.7 Å². The van der Waals surface area contributed by atoms with Gasteiger partial charge in [0.25, 0.3) is 5.91 Å². The molecule has 0 bridgehead atoms. The lowest BCUT2D eigenvalue weighted by Gasteiger charge is -2.30. The number of nitrogens with zero attached hydrogens (tertiary/aromatic N) is 1. The Bertz CT molecular complexity index is 647. The lowest BCUT2D eigenvalue weighted by molar-refractivity contribution is -0.119. The fraction of sp³-hybridized carbons (Fsp3) is 0.600. The predicted molar refractivity (Wildman–Crippen MR) is 109 cm³/mol. The second kappa shape index (κ2) is 8.87. The van der Waals surface area contributed by atoms with Crippen LogP contribution >= 0.6 is 12.4 Å². The molecule has 1 atom stereocenters. The van der Waals surface area contributed by atoms with E-state index in [1.165, 1.54) is 0 Å². The third-order valence-corrected chi connectivity index (χ3v) is 5.02. The number of hydrogen-bond donors (Lipinski definition) is 2. The van der Waals surface area contributed by atoms with E-state index in [4.69, 9.17) is 5.73 Å². The highest BCUT2D eigenvalue weighted by atomic mass is 35.5. The van der Waals surface area contributed by atoms with Gasteiger partial charge in [-0.05, 0) is 54.9 Å². The maximum atomic E-state index is 12.7. The number of piperidine rings is 1. The molecule has 0 unspecified atom stereocenters. The minimum atomic E-state index is -0.594. The second-order valence-corrected chi connectivity index (χ2v) is 8.34. The van der Waals surface area contributed by atoms with Gasteiger partial charge < -0.3 is 16.0 Å². The molecule has 146 valence electrons. The maximum absolute atomic E-state index is 12.7. The number of carbonyl (C=O) groups excluding carboxylic acids is 2. The molecule has 1 aromatic carbocycles. The molecule has 26 heavy (non-hydrogen) atoms. The molecule has 0 spiro atoms. The first-order valence-corrected chi connectivity index (χ1v) is 9.06. The average Bonchev–Trinajstić information content (AvgIpc) is 2.55. The Morgan fingerprint density at radius 3 is 2.31 bits per heavy atom. The van der Waals surface area contributed by atoms with Crippen molar-refractivity contribution in [3.63, 3.8) is 0 Å². The number of anilines is 1. The van der Waals surface area contributed by atoms with Gasteiger partial charge in [0.15, 0.2) is 0 Å². The standard InChI is InChI=1S/C20H31N3O2.ClH/c1-13-8-10-23(11-9-13)19(25)15-6-7-16(14(2)12-15)22-18(24)17(21)20(3,4)5;/h6-7,12-13,17H,8-11,21H2,1-5H3,(H,22,24);1H/t17-;/m1./s1. The van der Waals surface area contributed by atoms with Crippen LogP contribution in [0.3, 0.4) is 0 Å². The van der Waals surface area contributed by atoms with Gasteiger partial charge in [0, 0.05) is 24.3 Å². The van der Waals surface area contributed by atoms with E-state index in [1.54, 1.807) is 12.1 Å². The van der Waals surface area contributed by atoms with Crippen molar-refractivity contribution in [2.24, 2.45) is 17.1 Å². The minimum Gasteiger partial charge on any atom is -0.339 e. The Labute approximate surface area is 163 Å². The van der Waals surface area contributed by atoms with Crippen LogP contribution < -0.4 is 11.1 Å². The number of likely N-dealkylation sites (tertiary alicyclic amines) is 1. The van der Waals surface area contributed by atoms with Crippen molar-refractivity contribution in [2.45, 2.75) is 53.5 Å². The summed E-state index contributed by atoms with van der Waals surface area (Å²) in [5.41, 5.74) is 7.94. The van der Waals surface area contributed by atoms with Gasteiger partial charge in [-0.25, -0.2) is 0 Å². The van der Waals surface area contributed by atoms with Gasteiger partial charge in [-0.3, -0.25) is 9.59 Å². The van der Waals surface area contributed by atoms with E-state index in [0.29, 0.717) is 17.2 Å². The predicted octanol–water partition coefficient (Wildman–Crippen LogP) is 3.60. The molecule has 2 rings (SSSR count). The quantitative estimate of drug-likeness (QED) is 0.839. The third kappa shape index (κ3) is 5.45. The first-order chi connectivity index (χ1) is 11.6. The highest BCUT2D eigenvalue weighted by Gasteiger charge is 2.28. The molecular weight excluding hydrogens is 350 g/mol. The molecule has 1 fully saturated rings. The van der Waals surface area contributed by atoms with Crippen LogP contribution in [0.25, 0.3) is 0 Å². The van der Waals surface area contributed by atoms with Crippen molar-refractivity contribution in [3.05, 3.63) is 29.3 Å². The van der Waals surface area contributed by atoms with Gasteiger partial charge in [0.05, 0.1) is 6.04 Å². The van der Waals surface area contributed by atoms with Crippen molar-refractivity contribution >= 4 is 29.9 Å². The molecule has 1 heterocycles.